The summed E-state index contributed by atoms with van der Waals surface area (Å²) in [7, 11) is 0. The Labute approximate surface area is 130 Å². The highest BCUT2D eigenvalue weighted by molar-refractivity contribution is 7.19. The van der Waals surface area contributed by atoms with Crippen LogP contribution in [-0.4, -0.2) is 41.0 Å². The Morgan fingerprint density at radius 2 is 2.00 bits per heavy atom. The van der Waals surface area contributed by atoms with Crippen molar-refractivity contribution in [3.8, 4) is 0 Å². The van der Waals surface area contributed by atoms with E-state index in [4.69, 9.17) is 0 Å². The van der Waals surface area contributed by atoms with Gasteiger partial charge in [0.1, 0.15) is 16.5 Å². The second kappa shape index (κ2) is 6.28. The Kier molecular flexibility index (Phi) is 4.40. The fraction of sp³-hybridized carbons (Fsp3) is 0.625. The molecule has 0 saturated carbocycles. The highest BCUT2D eigenvalue weighted by atomic mass is 32.1. The van der Waals surface area contributed by atoms with Gasteiger partial charge in [-0.05, 0) is 44.8 Å². The lowest BCUT2D eigenvalue weighted by atomic mass is 10.2. The number of nitrogens with zero attached hydrogens (tertiary/aromatic N) is 3. The van der Waals surface area contributed by atoms with Crippen LogP contribution >= 0.6 is 11.3 Å². The summed E-state index contributed by atoms with van der Waals surface area (Å²) in [6.07, 6.45) is 3.69. The zero-order valence-electron chi connectivity index (χ0n) is 13.2. The molecule has 0 fully saturated rings. The molecule has 2 aromatic rings. The lowest BCUT2D eigenvalue weighted by molar-refractivity contribution is 0.316. The van der Waals surface area contributed by atoms with Gasteiger partial charge in [0.05, 0.1) is 5.39 Å². The summed E-state index contributed by atoms with van der Waals surface area (Å²) >= 11 is 1.86. The maximum atomic E-state index is 4.67. The van der Waals surface area contributed by atoms with E-state index in [2.05, 4.69) is 34.0 Å². The van der Waals surface area contributed by atoms with Crippen molar-refractivity contribution in [2.24, 2.45) is 0 Å². The lowest BCUT2D eigenvalue weighted by Crippen LogP contribution is -2.28. The van der Waals surface area contributed by atoms with Gasteiger partial charge in [0.15, 0.2) is 0 Å². The molecule has 1 N–H and O–H groups in total. The molecule has 0 aromatic carbocycles. The average molecular weight is 304 g/mol. The molecule has 5 heteroatoms. The number of hydrogen-bond donors (Lipinski definition) is 1. The number of thiophene rings is 1. The molecule has 4 nitrogen and oxygen atoms in total. The van der Waals surface area contributed by atoms with Gasteiger partial charge in [0, 0.05) is 18.0 Å². The molecule has 0 saturated heterocycles. The molecular formula is C16H24N4S. The summed E-state index contributed by atoms with van der Waals surface area (Å²) in [5.41, 5.74) is 1.50. The van der Waals surface area contributed by atoms with E-state index in [9.17, 15) is 0 Å². The predicted molar refractivity (Wildman–Crippen MR) is 90.5 cm³/mol. The van der Waals surface area contributed by atoms with Crippen LogP contribution < -0.4 is 5.32 Å². The molecule has 2 heterocycles. The molecule has 2 aromatic heterocycles. The Morgan fingerprint density at radius 3 is 2.76 bits per heavy atom. The van der Waals surface area contributed by atoms with E-state index in [1.165, 1.54) is 35.1 Å². The van der Waals surface area contributed by atoms with Crippen molar-refractivity contribution in [1.82, 2.24) is 14.9 Å². The molecule has 0 amide bonds. The summed E-state index contributed by atoms with van der Waals surface area (Å²) in [4.78, 5) is 14.4. The zero-order chi connectivity index (χ0) is 14.8. The van der Waals surface area contributed by atoms with Crippen molar-refractivity contribution < 1.29 is 0 Å². The maximum absolute atomic E-state index is 4.67. The normalized spacial score (nSPS) is 14.1. The van der Waals surface area contributed by atoms with Crippen LogP contribution in [0.4, 0.5) is 5.82 Å². The van der Waals surface area contributed by atoms with Gasteiger partial charge in [0.2, 0.25) is 0 Å². The predicted octanol–water partition coefficient (Wildman–Crippen LogP) is 3.24. The van der Waals surface area contributed by atoms with Crippen molar-refractivity contribution >= 4 is 27.4 Å². The number of nitrogens with one attached hydrogen (secondary N) is 1. The first-order valence-corrected chi connectivity index (χ1v) is 8.79. The van der Waals surface area contributed by atoms with E-state index < -0.39 is 0 Å². The molecule has 0 spiro atoms. The van der Waals surface area contributed by atoms with Gasteiger partial charge in [-0.3, -0.25) is 0 Å². The van der Waals surface area contributed by atoms with Crippen LogP contribution in [0.5, 0.6) is 0 Å². The average Bonchev–Trinajstić information content (AvgIpc) is 3.03. The van der Waals surface area contributed by atoms with Gasteiger partial charge < -0.3 is 10.2 Å². The van der Waals surface area contributed by atoms with Crippen LogP contribution in [-0.2, 0) is 12.8 Å². The molecule has 0 unspecified atom stereocenters. The largest absolute Gasteiger partial charge is 0.368 e. The lowest BCUT2D eigenvalue weighted by Gasteiger charge is -2.18. The summed E-state index contributed by atoms with van der Waals surface area (Å²) in [5, 5.41) is 4.85. The van der Waals surface area contributed by atoms with Gasteiger partial charge in [-0.1, -0.05) is 13.8 Å². The highest BCUT2D eigenvalue weighted by Crippen LogP contribution is 2.39. The SMILES string of the molecule is CCN(CC)CCNc1nc(C)nc2sc3c(c12)CCC3. The van der Waals surface area contributed by atoms with Crippen molar-refractivity contribution in [1.29, 1.82) is 0 Å². The fourth-order valence-corrected chi connectivity index (χ4v) is 4.41. The molecule has 21 heavy (non-hydrogen) atoms. The molecule has 1 aliphatic rings. The van der Waals surface area contributed by atoms with E-state index in [-0.39, 0.29) is 0 Å². The van der Waals surface area contributed by atoms with Crippen molar-refractivity contribution in [2.75, 3.05) is 31.5 Å². The van der Waals surface area contributed by atoms with Crippen molar-refractivity contribution in [2.45, 2.75) is 40.0 Å². The van der Waals surface area contributed by atoms with E-state index >= 15 is 0 Å². The Hall–Kier alpha value is -1.20. The second-order valence-electron chi connectivity index (χ2n) is 5.61. The van der Waals surface area contributed by atoms with Crippen LogP contribution in [0.15, 0.2) is 0 Å². The molecular weight excluding hydrogens is 280 g/mol. The topological polar surface area (TPSA) is 41.0 Å². The third-order valence-corrected chi connectivity index (χ3v) is 5.48. The third-order valence-electron chi connectivity index (χ3n) is 4.29. The van der Waals surface area contributed by atoms with Crippen LogP contribution in [0.2, 0.25) is 0 Å². The molecule has 3 rings (SSSR count). The zero-order valence-corrected chi connectivity index (χ0v) is 14.0. The summed E-state index contributed by atoms with van der Waals surface area (Å²) in [5.74, 6) is 1.91. The first-order chi connectivity index (χ1) is 10.2. The minimum atomic E-state index is 0.868. The minimum absolute atomic E-state index is 0.868. The van der Waals surface area contributed by atoms with Crippen LogP contribution in [0.1, 0.15) is 36.5 Å². The Bertz CT molecular complexity index is 631. The van der Waals surface area contributed by atoms with Gasteiger partial charge in [-0.2, -0.15) is 0 Å². The smallest absolute Gasteiger partial charge is 0.138 e. The van der Waals surface area contributed by atoms with Gasteiger partial charge >= 0.3 is 0 Å². The summed E-state index contributed by atoms with van der Waals surface area (Å²) in [6.45, 7) is 10.6. The number of likely N-dealkylation sites (N-methyl/N-ethyl adjacent to an activating group) is 1. The number of rotatable bonds is 6. The van der Waals surface area contributed by atoms with Crippen LogP contribution in [0, 0.1) is 6.92 Å². The Balaban J connectivity index is 1.84. The summed E-state index contributed by atoms with van der Waals surface area (Å²) in [6, 6.07) is 0. The maximum Gasteiger partial charge on any atom is 0.138 e. The van der Waals surface area contributed by atoms with Gasteiger partial charge in [-0.25, -0.2) is 9.97 Å². The van der Waals surface area contributed by atoms with E-state index in [1.807, 2.05) is 18.3 Å². The minimum Gasteiger partial charge on any atom is -0.368 e. The molecule has 0 bridgehead atoms. The quantitative estimate of drug-likeness (QED) is 0.889. The van der Waals surface area contributed by atoms with E-state index in [0.29, 0.717) is 0 Å². The third kappa shape index (κ3) is 2.90. The number of fused-ring (bicyclic) bond motifs is 3. The van der Waals surface area contributed by atoms with Gasteiger partial charge in [-0.15, -0.1) is 11.3 Å². The summed E-state index contributed by atoms with van der Waals surface area (Å²) < 4.78 is 0. The molecule has 0 atom stereocenters. The molecule has 0 radical (unpaired) electrons. The van der Waals surface area contributed by atoms with Crippen molar-refractivity contribution in [3.63, 3.8) is 0 Å². The number of aromatic nitrogens is 2. The monoisotopic (exact) mass is 304 g/mol. The van der Waals surface area contributed by atoms with Crippen LogP contribution in [0.3, 0.4) is 0 Å². The van der Waals surface area contributed by atoms with E-state index in [0.717, 1.165) is 42.7 Å². The number of hydrogen-bond acceptors (Lipinski definition) is 5. The number of anilines is 1. The fourth-order valence-electron chi connectivity index (χ4n) is 3.10. The first-order valence-electron chi connectivity index (χ1n) is 7.98. The Morgan fingerprint density at radius 1 is 1.19 bits per heavy atom. The van der Waals surface area contributed by atoms with Gasteiger partial charge in [0.25, 0.3) is 0 Å². The standard InChI is InChI=1S/C16H24N4S/c1-4-20(5-2)10-9-17-15-14-12-7-6-8-13(12)21-16(14)19-11(3)18-15/h4-10H2,1-3H3,(H,17,18,19). The van der Waals surface area contributed by atoms with E-state index in [1.54, 1.807) is 0 Å². The highest BCUT2D eigenvalue weighted by Gasteiger charge is 2.21. The second-order valence-corrected chi connectivity index (χ2v) is 6.69. The van der Waals surface area contributed by atoms with Crippen molar-refractivity contribution in [3.05, 3.63) is 16.3 Å². The molecule has 114 valence electrons. The van der Waals surface area contributed by atoms with Crippen LogP contribution in [0.25, 0.3) is 10.2 Å². The molecule has 0 aliphatic heterocycles. The molecule has 1 aliphatic carbocycles. The number of aryl methyl sites for hydroxylation is 3. The first kappa shape index (κ1) is 14.7.